The van der Waals surface area contributed by atoms with Gasteiger partial charge in [-0.25, -0.2) is 9.37 Å². The van der Waals surface area contributed by atoms with Crippen LogP contribution in [0.25, 0.3) is 11.0 Å². The normalized spacial score (nSPS) is 17.8. The molecule has 168 valence electrons. The van der Waals surface area contributed by atoms with Crippen molar-refractivity contribution in [3.63, 3.8) is 0 Å². The highest BCUT2D eigenvalue weighted by Crippen LogP contribution is 2.32. The first-order valence-corrected chi connectivity index (χ1v) is 11.4. The largest absolute Gasteiger partial charge is 0.381 e. The Morgan fingerprint density at radius 2 is 1.78 bits per heavy atom. The maximum Gasteiger partial charge on any atom is 0.219 e. The second-order valence-corrected chi connectivity index (χ2v) is 8.74. The van der Waals surface area contributed by atoms with Gasteiger partial charge in [0.2, 0.25) is 5.91 Å². The van der Waals surface area contributed by atoms with Crippen LogP contribution in [0.3, 0.4) is 0 Å². The molecule has 1 aromatic heterocycles. The summed E-state index contributed by atoms with van der Waals surface area (Å²) in [4.78, 5) is 20.9. The number of hydrogen-bond donors (Lipinski definition) is 0. The summed E-state index contributed by atoms with van der Waals surface area (Å²) in [6.07, 6.45) is 1.93. The van der Waals surface area contributed by atoms with Gasteiger partial charge in [0.25, 0.3) is 0 Å². The smallest absolute Gasteiger partial charge is 0.219 e. The molecular formula is C25H29FN4O2. The van der Waals surface area contributed by atoms with Gasteiger partial charge in [0.05, 0.1) is 11.0 Å². The molecule has 6 nitrogen and oxygen atoms in total. The maximum absolute atomic E-state index is 13.5. The van der Waals surface area contributed by atoms with E-state index in [0.29, 0.717) is 12.5 Å². The number of imidazole rings is 1. The Hall–Kier alpha value is -2.93. The van der Waals surface area contributed by atoms with E-state index in [2.05, 4.69) is 27.7 Å². The van der Waals surface area contributed by atoms with Crippen LogP contribution in [-0.4, -0.2) is 59.8 Å². The molecule has 0 aliphatic carbocycles. The summed E-state index contributed by atoms with van der Waals surface area (Å²) in [5, 5.41) is 0. The highest BCUT2D eigenvalue weighted by Gasteiger charge is 2.24. The van der Waals surface area contributed by atoms with Crippen LogP contribution in [0.1, 0.15) is 37.1 Å². The molecule has 2 aliphatic rings. The second-order valence-electron chi connectivity index (χ2n) is 8.74. The van der Waals surface area contributed by atoms with Crippen molar-refractivity contribution in [2.24, 2.45) is 0 Å². The summed E-state index contributed by atoms with van der Waals surface area (Å²) in [5.41, 5.74) is 4.29. The van der Waals surface area contributed by atoms with Crippen LogP contribution < -0.4 is 4.90 Å². The van der Waals surface area contributed by atoms with Gasteiger partial charge in [-0.05, 0) is 48.7 Å². The molecule has 0 unspecified atom stereocenters. The van der Waals surface area contributed by atoms with Gasteiger partial charge in [0.15, 0.2) is 0 Å². The fourth-order valence-corrected chi connectivity index (χ4v) is 4.81. The Balaban J connectivity index is 1.50. The minimum absolute atomic E-state index is 0.138. The Bertz CT molecular complexity index is 1100. The number of halogens is 1. The molecule has 2 fully saturated rings. The van der Waals surface area contributed by atoms with Crippen LogP contribution in [0, 0.1) is 5.82 Å². The van der Waals surface area contributed by atoms with Gasteiger partial charge in [0, 0.05) is 64.5 Å². The van der Waals surface area contributed by atoms with E-state index in [0.717, 1.165) is 80.3 Å². The molecule has 2 aliphatic heterocycles. The second kappa shape index (κ2) is 8.90. The van der Waals surface area contributed by atoms with Crippen molar-refractivity contribution in [1.29, 1.82) is 0 Å². The Morgan fingerprint density at radius 3 is 2.47 bits per heavy atom. The molecule has 2 saturated heterocycles. The maximum atomic E-state index is 13.5. The molecule has 3 aromatic rings. The number of ether oxygens (including phenoxy) is 1. The number of anilines is 1. The van der Waals surface area contributed by atoms with Gasteiger partial charge in [-0.15, -0.1) is 0 Å². The number of amides is 1. The lowest BCUT2D eigenvalue weighted by molar-refractivity contribution is -0.129. The molecule has 3 heterocycles. The third-order valence-corrected chi connectivity index (χ3v) is 6.69. The van der Waals surface area contributed by atoms with Crippen LogP contribution in [0.5, 0.6) is 0 Å². The average Bonchev–Trinajstić information content (AvgIpc) is 3.19. The van der Waals surface area contributed by atoms with Gasteiger partial charge < -0.3 is 19.1 Å². The SMILES string of the molecule is CC(=O)N1CCN(c2ccc3nc(C4CCOCC4)n(Cc4ccc(F)cc4)c3c2)CC1. The molecule has 0 spiro atoms. The molecule has 0 saturated carbocycles. The van der Waals surface area contributed by atoms with Crippen molar-refractivity contribution in [2.45, 2.75) is 32.2 Å². The summed E-state index contributed by atoms with van der Waals surface area (Å²) >= 11 is 0. The number of carbonyl (C=O) groups is 1. The summed E-state index contributed by atoms with van der Waals surface area (Å²) in [6, 6.07) is 13.2. The predicted octanol–water partition coefficient (Wildman–Crippen LogP) is 3.79. The zero-order chi connectivity index (χ0) is 22.1. The number of benzene rings is 2. The molecule has 1 amide bonds. The fraction of sp³-hybridized carbons (Fsp3) is 0.440. The van der Waals surface area contributed by atoms with Crippen LogP contribution in [0.2, 0.25) is 0 Å². The lowest BCUT2D eigenvalue weighted by atomic mass is 9.99. The van der Waals surface area contributed by atoms with Crippen molar-refractivity contribution in [2.75, 3.05) is 44.3 Å². The molecule has 0 N–H and O–H groups in total. The Morgan fingerprint density at radius 1 is 1.06 bits per heavy atom. The standard InChI is InChI=1S/C25H29FN4O2/c1-18(31)28-10-12-29(13-11-28)22-6-7-23-24(16-22)30(17-19-2-4-21(26)5-3-19)25(27-23)20-8-14-32-15-9-20/h2-7,16,20H,8-15,17H2,1H3. The molecule has 2 aromatic carbocycles. The lowest BCUT2D eigenvalue weighted by Gasteiger charge is -2.35. The first-order valence-electron chi connectivity index (χ1n) is 11.4. The third kappa shape index (κ3) is 4.21. The molecule has 32 heavy (non-hydrogen) atoms. The van der Waals surface area contributed by atoms with Crippen molar-refractivity contribution in [3.05, 3.63) is 59.7 Å². The lowest BCUT2D eigenvalue weighted by Crippen LogP contribution is -2.48. The number of piperazine rings is 1. The van der Waals surface area contributed by atoms with Crippen LogP contribution in [0.15, 0.2) is 42.5 Å². The summed E-state index contributed by atoms with van der Waals surface area (Å²) in [7, 11) is 0. The van der Waals surface area contributed by atoms with Crippen LogP contribution >= 0.6 is 0 Å². The van der Waals surface area contributed by atoms with Gasteiger partial charge in [0.1, 0.15) is 11.6 Å². The summed E-state index contributed by atoms with van der Waals surface area (Å²) in [6.45, 7) is 6.95. The van der Waals surface area contributed by atoms with Gasteiger partial charge in [-0.2, -0.15) is 0 Å². The Kier molecular flexibility index (Phi) is 5.83. The minimum atomic E-state index is -0.221. The van der Waals surface area contributed by atoms with Crippen molar-refractivity contribution < 1.29 is 13.9 Å². The molecule has 5 rings (SSSR count). The Labute approximate surface area is 187 Å². The van der Waals surface area contributed by atoms with E-state index < -0.39 is 0 Å². The minimum Gasteiger partial charge on any atom is -0.381 e. The first-order chi connectivity index (χ1) is 15.6. The summed E-state index contributed by atoms with van der Waals surface area (Å²) < 4.78 is 21.3. The number of nitrogens with zero attached hydrogens (tertiary/aromatic N) is 4. The summed E-state index contributed by atoms with van der Waals surface area (Å²) in [5.74, 6) is 1.37. The third-order valence-electron chi connectivity index (χ3n) is 6.69. The van der Waals surface area contributed by atoms with Crippen molar-refractivity contribution in [3.8, 4) is 0 Å². The van der Waals surface area contributed by atoms with E-state index in [1.807, 2.05) is 17.0 Å². The predicted molar refractivity (Wildman–Crippen MR) is 122 cm³/mol. The zero-order valence-electron chi connectivity index (χ0n) is 18.5. The van der Waals surface area contributed by atoms with E-state index in [1.54, 1.807) is 6.92 Å². The van der Waals surface area contributed by atoms with Crippen LogP contribution in [0.4, 0.5) is 10.1 Å². The van der Waals surface area contributed by atoms with Gasteiger partial charge in [-0.3, -0.25) is 4.79 Å². The van der Waals surface area contributed by atoms with E-state index in [-0.39, 0.29) is 11.7 Å². The van der Waals surface area contributed by atoms with Gasteiger partial charge in [-0.1, -0.05) is 12.1 Å². The zero-order valence-corrected chi connectivity index (χ0v) is 18.5. The number of aromatic nitrogens is 2. The number of rotatable bonds is 4. The quantitative estimate of drug-likeness (QED) is 0.625. The van der Waals surface area contributed by atoms with Crippen molar-refractivity contribution in [1.82, 2.24) is 14.5 Å². The van der Waals surface area contributed by atoms with E-state index in [9.17, 15) is 9.18 Å². The van der Waals surface area contributed by atoms with E-state index >= 15 is 0 Å². The molecule has 0 atom stereocenters. The van der Waals surface area contributed by atoms with Crippen LogP contribution in [-0.2, 0) is 16.1 Å². The monoisotopic (exact) mass is 436 g/mol. The fourth-order valence-electron chi connectivity index (χ4n) is 4.81. The highest BCUT2D eigenvalue weighted by atomic mass is 19.1. The number of hydrogen-bond acceptors (Lipinski definition) is 4. The molecule has 0 bridgehead atoms. The van der Waals surface area contributed by atoms with E-state index in [1.165, 1.54) is 12.1 Å². The molecule has 7 heteroatoms. The van der Waals surface area contributed by atoms with Crippen molar-refractivity contribution >= 4 is 22.6 Å². The van der Waals surface area contributed by atoms with E-state index in [4.69, 9.17) is 9.72 Å². The molecule has 0 radical (unpaired) electrons. The number of fused-ring (bicyclic) bond motifs is 1. The number of carbonyl (C=O) groups excluding carboxylic acids is 1. The van der Waals surface area contributed by atoms with Gasteiger partial charge >= 0.3 is 0 Å². The average molecular weight is 437 g/mol. The topological polar surface area (TPSA) is 50.6 Å². The molecular weight excluding hydrogens is 407 g/mol. The highest BCUT2D eigenvalue weighted by molar-refractivity contribution is 5.81. The first kappa shape index (κ1) is 20.9.